The van der Waals surface area contributed by atoms with Crippen molar-refractivity contribution in [3.63, 3.8) is 0 Å². The van der Waals surface area contributed by atoms with E-state index in [-0.39, 0.29) is 0 Å². The molecule has 0 aliphatic heterocycles. The number of rotatable bonds is 17. The number of hydrogen-bond acceptors (Lipinski definition) is 0. The minimum atomic E-state index is 1.31. The van der Waals surface area contributed by atoms with E-state index in [1.807, 2.05) is 0 Å². The van der Waals surface area contributed by atoms with E-state index in [0.29, 0.717) is 0 Å². The Morgan fingerprint density at radius 3 is 1.09 bits per heavy atom. The fourth-order valence-electron chi connectivity index (χ4n) is 3.33. The second-order valence-electron chi connectivity index (χ2n) is 7.63. The summed E-state index contributed by atoms with van der Waals surface area (Å²) in [5.41, 5.74) is 0. The van der Waals surface area contributed by atoms with Gasteiger partial charge >= 0.3 is 0 Å². The summed E-state index contributed by atoms with van der Waals surface area (Å²) in [6.07, 6.45) is 20.1. The molecule has 0 aliphatic carbocycles. The van der Waals surface area contributed by atoms with Crippen LogP contribution in [0.1, 0.15) is 111 Å². The molecule has 1 unspecified atom stereocenters. The van der Waals surface area contributed by atoms with Gasteiger partial charge in [-0.15, -0.1) is 0 Å². The average Bonchev–Trinajstić information content (AvgIpc) is 2.53. The van der Waals surface area contributed by atoms with Gasteiger partial charge in [0, 0.05) is 0 Å². The van der Waals surface area contributed by atoms with Crippen molar-refractivity contribution in [2.75, 3.05) is 26.7 Å². The molecule has 1 atom stereocenters. The summed E-state index contributed by atoms with van der Waals surface area (Å²) in [7, 11) is 2.48. The molecule has 0 amide bonds. The summed E-state index contributed by atoms with van der Waals surface area (Å²) in [4.78, 5) is 0. The Kier molecular flexibility index (Phi) is 15.8. The maximum atomic E-state index is 2.48. The second kappa shape index (κ2) is 15.8. The Morgan fingerprint density at radius 1 is 0.455 bits per heavy atom. The fourth-order valence-corrected chi connectivity index (χ4v) is 3.33. The largest absolute Gasteiger partial charge is 0.326 e. The highest BCUT2D eigenvalue weighted by molar-refractivity contribution is 4.49. The van der Waals surface area contributed by atoms with E-state index in [4.69, 9.17) is 0 Å². The third-order valence-electron chi connectivity index (χ3n) is 5.37. The molecule has 1 nitrogen and oxygen atoms in total. The van der Waals surface area contributed by atoms with Gasteiger partial charge in [0.15, 0.2) is 0 Å². The Labute approximate surface area is 142 Å². The highest BCUT2D eigenvalue weighted by Gasteiger charge is 2.17. The van der Waals surface area contributed by atoms with Crippen LogP contribution < -0.4 is 0 Å². The molecule has 0 heterocycles. The van der Waals surface area contributed by atoms with Crippen LogP contribution in [0.2, 0.25) is 0 Å². The Hall–Kier alpha value is -0.0400. The van der Waals surface area contributed by atoms with E-state index in [0.717, 1.165) is 0 Å². The number of hydrogen-bond donors (Lipinski definition) is 0. The van der Waals surface area contributed by atoms with Crippen molar-refractivity contribution in [1.29, 1.82) is 0 Å². The molecular formula is C21H46N+. The zero-order valence-corrected chi connectivity index (χ0v) is 16.5. The monoisotopic (exact) mass is 312 g/mol. The van der Waals surface area contributed by atoms with Gasteiger partial charge in [-0.25, -0.2) is 0 Å². The van der Waals surface area contributed by atoms with Gasteiger partial charge in [0.05, 0.1) is 26.7 Å². The molecule has 0 saturated carbocycles. The van der Waals surface area contributed by atoms with Crippen molar-refractivity contribution in [3.8, 4) is 0 Å². The SMILES string of the molecule is CCCCCCCCCC[N+](C)(CC)CCCCCCCC. The van der Waals surface area contributed by atoms with Crippen LogP contribution in [-0.2, 0) is 0 Å². The predicted molar refractivity (Wildman–Crippen MR) is 102 cm³/mol. The first-order valence-corrected chi connectivity index (χ1v) is 10.5. The van der Waals surface area contributed by atoms with Gasteiger partial charge in [-0.1, -0.05) is 78.1 Å². The fraction of sp³-hybridized carbons (Fsp3) is 1.00. The molecule has 0 spiro atoms. The lowest BCUT2D eigenvalue weighted by atomic mass is 10.1. The Balaban J connectivity index is 3.53. The number of nitrogens with zero attached hydrogens (tertiary/aromatic N) is 1. The Bertz CT molecular complexity index is 214. The van der Waals surface area contributed by atoms with Gasteiger partial charge < -0.3 is 4.48 Å². The molecular weight excluding hydrogens is 266 g/mol. The molecule has 0 aromatic carbocycles. The summed E-state index contributed by atoms with van der Waals surface area (Å²) in [5.74, 6) is 0. The number of quaternary nitrogens is 1. The minimum absolute atomic E-state index is 1.31. The van der Waals surface area contributed by atoms with Gasteiger partial charge in [-0.3, -0.25) is 0 Å². The molecule has 0 rings (SSSR count). The minimum Gasteiger partial charge on any atom is -0.326 e. The molecule has 134 valence electrons. The van der Waals surface area contributed by atoms with E-state index < -0.39 is 0 Å². The summed E-state index contributed by atoms with van der Waals surface area (Å²) in [6.45, 7) is 11.1. The molecule has 22 heavy (non-hydrogen) atoms. The molecule has 0 N–H and O–H groups in total. The van der Waals surface area contributed by atoms with Crippen LogP contribution in [0.5, 0.6) is 0 Å². The maximum Gasteiger partial charge on any atom is 0.0784 e. The van der Waals surface area contributed by atoms with E-state index in [2.05, 4.69) is 27.8 Å². The zero-order valence-electron chi connectivity index (χ0n) is 16.5. The quantitative estimate of drug-likeness (QED) is 0.201. The first-order valence-electron chi connectivity index (χ1n) is 10.5. The predicted octanol–water partition coefficient (Wildman–Crippen LogP) is 6.95. The molecule has 0 aliphatic rings. The molecule has 0 saturated heterocycles. The molecule has 0 fully saturated rings. The lowest BCUT2D eigenvalue weighted by Crippen LogP contribution is -2.45. The third-order valence-corrected chi connectivity index (χ3v) is 5.37. The normalized spacial score (nSPS) is 14.2. The van der Waals surface area contributed by atoms with Crippen LogP contribution in [0.3, 0.4) is 0 Å². The topological polar surface area (TPSA) is 0 Å². The van der Waals surface area contributed by atoms with Crippen LogP contribution in [0.25, 0.3) is 0 Å². The van der Waals surface area contributed by atoms with E-state index in [1.54, 1.807) is 0 Å². The lowest BCUT2D eigenvalue weighted by Gasteiger charge is -2.33. The standard InChI is InChI=1S/C21H46N/c1-5-8-10-12-14-15-17-19-21-22(4,7-3)20-18-16-13-11-9-6-2/h5-21H2,1-4H3/q+1. The van der Waals surface area contributed by atoms with Crippen molar-refractivity contribution in [2.45, 2.75) is 111 Å². The van der Waals surface area contributed by atoms with Crippen LogP contribution in [0.4, 0.5) is 0 Å². The van der Waals surface area contributed by atoms with Gasteiger partial charge in [0.1, 0.15) is 0 Å². The van der Waals surface area contributed by atoms with Crippen molar-refractivity contribution in [3.05, 3.63) is 0 Å². The summed E-state index contributed by atoms with van der Waals surface area (Å²) < 4.78 is 1.31. The lowest BCUT2D eigenvalue weighted by molar-refractivity contribution is -0.908. The van der Waals surface area contributed by atoms with Crippen LogP contribution in [0.15, 0.2) is 0 Å². The third kappa shape index (κ3) is 13.6. The maximum absolute atomic E-state index is 2.48. The van der Waals surface area contributed by atoms with Gasteiger partial charge in [0.25, 0.3) is 0 Å². The van der Waals surface area contributed by atoms with Crippen molar-refractivity contribution in [1.82, 2.24) is 0 Å². The van der Waals surface area contributed by atoms with Crippen LogP contribution in [-0.4, -0.2) is 31.2 Å². The van der Waals surface area contributed by atoms with Gasteiger partial charge in [-0.05, 0) is 32.6 Å². The van der Waals surface area contributed by atoms with Gasteiger partial charge in [0.2, 0.25) is 0 Å². The summed E-state index contributed by atoms with van der Waals surface area (Å²) >= 11 is 0. The van der Waals surface area contributed by atoms with E-state index in [9.17, 15) is 0 Å². The first kappa shape index (κ1) is 22.0. The van der Waals surface area contributed by atoms with Gasteiger partial charge in [-0.2, -0.15) is 0 Å². The van der Waals surface area contributed by atoms with Crippen LogP contribution in [0, 0.1) is 0 Å². The average molecular weight is 313 g/mol. The highest BCUT2D eigenvalue weighted by atomic mass is 15.3. The van der Waals surface area contributed by atoms with Crippen molar-refractivity contribution in [2.24, 2.45) is 0 Å². The van der Waals surface area contributed by atoms with Crippen LogP contribution >= 0.6 is 0 Å². The highest BCUT2D eigenvalue weighted by Crippen LogP contribution is 2.13. The smallest absolute Gasteiger partial charge is 0.0784 e. The first-order chi connectivity index (χ1) is 10.7. The Morgan fingerprint density at radius 2 is 0.773 bits per heavy atom. The molecule has 0 aromatic rings. The molecule has 1 heteroatoms. The molecule has 0 aromatic heterocycles. The molecule has 0 bridgehead atoms. The summed E-state index contributed by atoms with van der Waals surface area (Å²) in [5, 5.41) is 0. The van der Waals surface area contributed by atoms with Crippen molar-refractivity contribution >= 4 is 0 Å². The number of unbranched alkanes of at least 4 members (excludes halogenated alkanes) is 12. The second-order valence-corrected chi connectivity index (χ2v) is 7.63. The molecule has 0 radical (unpaired) electrons. The zero-order chi connectivity index (χ0) is 16.5. The van der Waals surface area contributed by atoms with Crippen molar-refractivity contribution < 1.29 is 4.48 Å². The summed E-state index contributed by atoms with van der Waals surface area (Å²) in [6, 6.07) is 0. The van der Waals surface area contributed by atoms with E-state index in [1.165, 1.54) is 114 Å². The van der Waals surface area contributed by atoms with E-state index >= 15 is 0 Å².